The van der Waals surface area contributed by atoms with Crippen molar-refractivity contribution >= 4 is 100 Å². The summed E-state index contributed by atoms with van der Waals surface area (Å²) in [4.78, 5) is 119. The average molecular weight is 1330 g/mol. The molecule has 20 nitrogen and oxygen atoms in total. The number of carbonyl (C=O) groups excluding carboxylic acids is 8. The van der Waals surface area contributed by atoms with Crippen molar-refractivity contribution < 1.29 is 47.8 Å². The van der Waals surface area contributed by atoms with Crippen LogP contribution in [-0.2, 0) is 54.6 Å². The lowest BCUT2D eigenvalue weighted by Gasteiger charge is -2.27. The minimum atomic E-state index is -0.620. The minimum absolute atomic E-state index is 0.0503. The first-order valence-electron chi connectivity index (χ1n) is 30.7. The van der Waals surface area contributed by atoms with E-state index in [1.54, 1.807) is 46.2 Å². The summed E-state index contributed by atoms with van der Waals surface area (Å²) >= 11 is 6.81. The van der Waals surface area contributed by atoms with Crippen molar-refractivity contribution in [2.75, 3.05) is 39.5 Å². The first-order chi connectivity index (χ1) is 42.3. The average Bonchev–Trinajstić information content (AvgIpc) is 1.58. The number of pyridine rings is 2. The second kappa shape index (κ2) is 26.5. The van der Waals surface area contributed by atoms with Gasteiger partial charge in [-0.15, -0.1) is 0 Å². The molecule has 6 aromatic rings. The SMILES string of the molecule is CC(=O)c1nn2c3cc(ccc13)C(=O)NCCCCC=CCOC[C@@]13C[C@@H](C(=O)Cc4nc(Br)ccc4C)N(C(=O)C2)[C@@H]1C3.CC(=O)c1nn2c3cc(ccc13)C(=O)NCCCCCCCOC[C@@]13C[C@@H](C(=O)Cc4nc(Br)ccc4C)N(C(=O)C2)[C@@H]1C3. The summed E-state index contributed by atoms with van der Waals surface area (Å²) in [6.07, 6.45) is 14.6. The van der Waals surface area contributed by atoms with Gasteiger partial charge in [0.2, 0.25) is 11.8 Å². The van der Waals surface area contributed by atoms with Crippen molar-refractivity contribution in [3.8, 4) is 0 Å². The molecule has 2 N–H and O–H groups in total. The second-order valence-electron chi connectivity index (χ2n) is 24.7. The van der Waals surface area contributed by atoms with E-state index in [-0.39, 0.29) is 107 Å². The summed E-state index contributed by atoms with van der Waals surface area (Å²) in [5.74, 6) is -1.50. The van der Waals surface area contributed by atoms with E-state index >= 15 is 0 Å². The molecule has 462 valence electrons. The summed E-state index contributed by atoms with van der Waals surface area (Å²) < 4.78 is 16.5. The molecule has 8 heterocycles. The van der Waals surface area contributed by atoms with Gasteiger partial charge < -0.3 is 29.9 Å². The third-order valence-corrected chi connectivity index (χ3v) is 19.3. The summed E-state index contributed by atoms with van der Waals surface area (Å²) in [5.41, 5.74) is 5.12. The van der Waals surface area contributed by atoms with Crippen LogP contribution < -0.4 is 10.6 Å². The van der Waals surface area contributed by atoms with Gasteiger partial charge in [-0.3, -0.25) is 47.7 Å². The number of Topliss-reactive ketones (excluding diaryl/α,β-unsaturated/α-hetero) is 4. The van der Waals surface area contributed by atoms with Crippen molar-refractivity contribution in [3.05, 3.63) is 127 Å². The van der Waals surface area contributed by atoms with Crippen LogP contribution in [0.1, 0.15) is 155 Å². The lowest BCUT2D eigenvalue weighted by atomic mass is 9.95. The van der Waals surface area contributed by atoms with Crippen LogP contribution in [-0.4, -0.2) is 150 Å². The molecule has 0 spiro atoms. The Morgan fingerprint density at radius 1 is 0.580 bits per heavy atom. The summed E-state index contributed by atoms with van der Waals surface area (Å²) in [5, 5.41) is 16.1. The lowest BCUT2D eigenvalue weighted by Crippen LogP contribution is -2.45. The smallest absolute Gasteiger partial charge is 0.251 e. The Kier molecular flexibility index (Phi) is 18.8. The van der Waals surface area contributed by atoms with Gasteiger partial charge in [-0.1, -0.05) is 43.5 Å². The zero-order chi connectivity index (χ0) is 62.0. The van der Waals surface area contributed by atoms with Gasteiger partial charge in [0.05, 0.1) is 67.2 Å². The fourth-order valence-electron chi connectivity index (χ4n) is 13.4. The van der Waals surface area contributed by atoms with Gasteiger partial charge in [-0.05, 0) is 163 Å². The van der Waals surface area contributed by atoms with Gasteiger partial charge in [0.15, 0.2) is 23.1 Å². The first-order valence-corrected chi connectivity index (χ1v) is 32.2. The molecule has 22 heteroatoms. The molecule has 0 unspecified atom stereocenters. The number of allylic oxidation sites excluding steroid dienone is 1. The van der Waals surface area contributed by atoms with Crippen LogP contribution in [0.4, 0.5) is 0 Å². The predicted molar refractivity (Wildman–Crippen MR) is 335 cm³/mol. The van der Waals surface area contributed by atoms with Gasteiger partial charge in [0, 0.05) is 78.4 Å². The van der Waals surface area contributed by atoms with Gasteiger partial charge in [-0.2, -0.15) is 10.2 Å². The van der Waals surface area contributed by atoms with E-state index in [4.69, 9.17) is 9.47 Å². The number of hydrogen-bond donors (Lipinski definition) is 2. The van der Waals surface area contributed by atoms with Crippen molar-refractivity contribution in [1.82, 2.24) is 50.0 Å². The van der Waals surface area contributed by atoms with E-state index in [2.05, 4.69) is 68.7 Å². The topological polar surface area (TPSA) is 247 Å². The minimum Gasteiger partial charge on any atom is -0.381 e. The molecule has 4 fully saturated rings. The molecule has 6 aliphatic rings. The van der Waals surface area contributed by atoms with Gasteiger partial charge >= 0.3 is 0 Å². The number of fused-ring (bicyclic) bond motifs is 2. The molecule has 6 atom stereocenters. The zero-order valence-electron chi connectivity index (χ0n) is 50.2. The highest BCUT2D eigenvalue weighted by Crippen LogP contribution is 2.61. The largest absolute Gasteiger partial charge is 0.381 e. The number of amides is 4. The van der Waals surface area contributed by atoms with Crippen molar-refractivity contribution in [1.29, 1.82) is 0 Å². The molecule has 2 aliphatic carbocycles. The molecule has 2 saturated heterocycles. The van der Waals surface area contributed by atoms with Crippen molar-refractivity contribution in [2.24, 2.45) is 10.8 Å². The normalized spacial score (nSPS) is 24.5. The number of ketones is 4. The van der Waals surface area contributed by atoms with Crippen LogP contribution >= 0.6 is 31.9 Å². The Morgan fingerprint density at radius 3 is 1.55 bits per heavy atom. The number of hydrogen-bond acceptors (Lipinski definition) is 14. The van der Waals surface area contributed by atoms with Crippen LogP contribution in [0.25, 0.3) is 21.8 Å². The number of ether oxygens (including phenoxy) is 2. The molecule has 8 bridgehead atoms. The van der Waals surface area contributed by atoms with E-state index < -0.39 is 12.1 Å². The maximum absolute atomic E-state index is 14.1. The molecule has 4 amide bonds. The molecule has 0 radical (unpaired) electrons. The Labute approximate surface area is 527 Å². The van der Waals surface area contributed by atoms with Gasteiger partial charge in [-0.25, -0.2) is 9.97 Å². The third kappa shape index (κ3) is 13.4. The van der Waals surface area contributed by atoms with Crippen LogP contribution in [0.3, 0.4) is 0 Å². The number of benzene rings is 2. The monoisotopic (exact) mass is 1320 g/mol. The lowest BCUT2D eigenvalue weighted by molar-refractivity contribution is -0.139. The number of carbonyl (C=O) groups is 8. The van der Waals surface area contributed by atoms with E-state index in [1.165, 1.54) is 23.2 Å². The number of nitrogens with one attached hydrogen (secondary N) is 2. The quantitative estimate of drug-likeness (QED) is 0.0821. The van der Waals surface area contributed by atoms with E-state index in [9.17, 15) is 38.4 Å². The third-order valence-electron chi connectivity index (χ3n) is 18.4. The number of aryl methyl sites for hydroxylation is 2. The Morgan fingerprint density at radius 2 is 1.05 bits per heavy atom. The van der Waals surface area contributed by atoms with Crippen molar-refractivity contribution in [3.63, 3.8) is 0 Å². The zero-order valence-corrected chi connectivity index (χ0v) is 53.4. The molecule has 2 saturated carbocycles. The maximum Gasteiger partial charge on any atom is 0.251 e. The molecular formula is C66H74Br2N10O10. The second-order valence-corrected chi connectivity index (χ2v) is 26.3. The Hall–Kier alpha value is -7.14. The fraction of sp³-hybridized carbons (Fsp3) is 0.485. The number of nitrogens with zero attached hydrogens (tertiary/aromatic N) is 8. The van der Waals surface area contributed by atoms with Crippen molar-refractivity contribution in [2.45, 2.75) is 155 Å². The first kappa shape index (κ1) is 62.5. The van der Waals surface area contributed by atoms with Crippen LogP contribution in [0.5, 0.6) is 0 Å². The van der Waals surface area contributed by atoms with E-state index in [1.807, 2.05) is 44.2 Å². The van der Waals surface area contributed by atoms with Gasteiger partial charge in [0.25, 0.3) is 11.8 Å². The van der Waals surface area contributed by atoms with Gasteiger partial charge in [0.1, 0.15) is 33.7 Å². The number of rotatable bonds is 8. The molecule has 2 aromatic carbocycles. The van der Waals surface area contributed by atoms with E-state index in [0.717, 1.165) is 75.3 Å². The number of piperidine rings is 2. The number of halogens is 2. The van der Waals surface area contributed by atoms with E-state index in [0.29, 0.717) is 106 Å². The van der Waals surface area contributed by atoms with Crippen LogP contribution in [0.2, 0.25) is 0 Å². The maximum atomic E-state index is 14.1. The molecular weight excluding hydrogens is 1250 g/mol. The summed E-state index contributed by atoms with van der Waals surface area (Å²) in [7, 11) is 0. The highest BCUT2D eigenvalue weighted by Gasteiger charge is 2.68. The highest BCUT2D eigenvalue weighted by molar-refractivity contribution is 9.10. The standard InChI is InChI=1S/C33H38BrN5O5.C33H36BrN5O5/c2*1-20-8-11-29(34)36-24(20)15-27(41)26-16-33-17-28(33)39(26)30(42)18-38-25-14-22(9-10-23(25)31(37-38)21(2)40)32(43)35-12-6-4-3-5-7-13-44-19-33/h8-11,14,26,28H,3-7,12-13,15-19H2,1-2H3,(H,35,43);5,7-11,14,26,28H,3-4,6,12-13,15-19H2,1-2H3,(H,35,43)/t2*26-,28+,33-/m00/s1. The molecule has 88 heavy (non-hydrogen) atoms. The van der Waals surface area contributed by atoms with Crippen LogP contribution in [0, 0.1) is 24.7 Å². The predicted octanol–water partition coefficient (Wildman–Crippen LogP) is 8.95. The highest BCUT2D eigenvalue weighted by atomic mass is 79.9. The molecule has 4 aromatic heterocycles. The molecule has 4 aliphatic heterocycles. The Bertz CT molecular complexity index is 3800. The molecule has 12 rings (SSSR count). The summed E-state index contributed by atoms with van der Waals surface area (Å²) in [6, 6.07) is 16.3. The Balaban J connectivity index is 0.000000182. The summed E-state index contributed by atoms with van der Waals surface area (Å²) in [6.45, 7) is 9.62. The number of aromatic nitrogens is 6. The van der Waals surface area contributed by atoms with Crippen LogP contribution in [0.15, 0.2) is 82.0 Å². The fourth-order valence-corrected chi connectivity index (χ4v) is 14.1.